The molecule has 17 heavy (non-hydrogen) atoms. The van der Waals surface area contributed by atoms with Gasteiger partial charge in [-0.25, -0.2) is 0 Å². The van der Waals surface area contributed by atoms with Gasteiger partial charge in [0.25, 0.3) is 5.69 Å². The van der Waals surface area contributed by atoms with E-state index in [1.807, 2.05) is 6.07 Å². The summed E-state index contributed by atoms with van der Waals surface area (Å²) in [5.41, 5.74) is 1.10. The third-order valence-corrected chi connectivity index (χ3v) is 3.48. The lowest BCUT2D eigenvalue weighted by Crippen LogP contribution is -2.07. The summed E-state index contributed by atoms with van der Waals surface area (Å²) in [7, 11) is 0. The van der Waals surface area contributed by atoms with Crippen molar-refractivity contribution in [1.29, 1.82) is 5.26 Å². The first-order valence-electron chi connectivity index (χ1n) is 5.43. The van der Waals surface area contributed by atoms with Crippen LogP contribution in [0.15, 0.2) is 18.2 Å². The average Bonchev–Trinajstić information content (AvgIpc) is 3.13. The second-order valence-electron chi connectivity index (χ2n) is 4.27. The molecule has 1 aromatic carbocycles. The molecule has 0 spiro atoms. The first-order chi connectivity index (χ1) is 8.11. The van der Waals surface area contributed by atoms with Crippen LogP contribution in [-0.2, 0) is 6.42 Å². The quantitative estimate of drug-likeness (QED) is 0.469. The highest BCUT2D eigenvalue weighted by molar-refractivity contribution is 6.21. The number of benzene rings is 1. The zero-order valence-corrected chi connectivity index (χ0v) is 9.85. The molecule has 0 bridgehead atoms. The Balaban J connectivity index is 2.21. The van der Waals surface area contributed by atoms with E-state index < -0.39 is 4.92 Å². The van der Waals surface area contributed by atoms with Gasteiger partial charge in [0.2, 0.25) is 0 Å². The molecule has 0 heterocycles. The van der Waals surface area contributed by atoms with Crippen LogP contribution in [0.1, 0.15) is 24.0 Å². The average molecular weight is 251 g/mol. The Morgan fingerprint density at radius 1 is 1.59 bits per heavy atom. The number of rotatable bonds is 4. The van der Waals surface area contributed by atoms with Gasteiger partial charge in [0.05, 0.1) is 16.6 Å². The molecule has 0 radical (unpaired) electrons. The van der Waals surface area contributed by atoms with Gasteiger partial charge in [-0.05, 0) is 30.7 Å². The van der Waals surface area contributed by atoms with Gasteiger partial charge in [-0.15, -0.1) is 11.6 Å². The van der Waals surface area contributed by atoms with Crippen molar-refractivity contribution in [1.82, 2.24) is 0 Å². The summed E-state index contributed by atoms with van der Waals surface area (Å²) in [4.78, 5) is 10.1. The number of non-ortho nitro benzene ring substituents is 1. The molecule has 1 aliphatic carbocycles. The summed E-state index contributed by atoms with van der Waals surface area (Å²) in [5, 5.41) is 19.6. The van der Waals surface area contributed by atoms with Crippen molar-refractivity contribution >= 4 is 17.3 Å². The van der Waals surface area contributed by atoms with Crippen LogP contribution in [0.25, 0.3) is 0 Å². The zero-order chi connectivity index (χ0) is 12.4. The van der Waals surface area contributed by atoms with Crippen LogP contribution >= 0.6 is 11.6 Å². The van der Waals surface area contributed by atoms with Gasteiger partial charge in [-0.1, -0.05) is 6.07 Å². The van der Waals surface area contributed by atoms with Gasteiger partial charge in [0.15, 0.2) is 0 Å². The van der Waals surface area contributed by atoms with Gasteiger partial charge in [-0.3, -0.25) is 10.1 Å². The first-order valence-corrected chi connectivity index (χ1v) is 5.87. The number of nitro groups is 1. The van der Waals surface area contributed by atoms with E-state index in [1.165, 1.54) is 12.1 Å². The Morgan fingerprint density at radius 3 is 2.82 bits per heavy atom. The monoisotopic (exact) mass is 250 g/mol. The number of hydrogen-bond acceptors (Lipinski definition) is 3. The number of nitro benzene ring substituents is 1. The third kappa shape index (κ3) is 2.75. The summed E-state index contributed by atoms with van der Waals surface area (Å²) in [6.45, 7) is 0. The maximum Gasteiger partial charge on any atom is 0.270 e. The summed E-state index contributed by atoms with van der Waals surface area (Å²) in [6, 6.07) is 6.36. The smallest absolute Gasteiger partial charge is 0.258 e. The van der Waals surface area contributed by atoms with Crippen LogP contribution < -0.4 is 0 Å². The molecule has 1 atom stereocenters. The van der Waals surface area contributed by atoms with Gasteiger partial charge < -0.3 is 0 Å². The normalized spacial score (nSPS) is 16.2. The fourth-order valence-electron chi connectivity index (χ4n) is 1.79. The van der Waals surface area contributed by atoms with E-state index in [-0.39, 0.29) is 11.1 Å². The van der Waals surface area contributed by atoms with Crippen LogP contribution in [0, 0.1) is 27.4 Å². The number of nitriles is 1. The fourth-order valence-corrected chi connectivity index (χ4v) is 2.21. The number of nitrogens with zero attached hydrogens (tertiary/aromatic N) is 2. The maximum atomic E-state index is 10.6. The highest BCUT2D eigenvalue weighted by Crippen LogP contribution is 2.37. The Morgan fingerprint density at radius 2 is 2.29 bits per heavy atom. The third-order valence-electron chi connectivity index (χ3n) is 2.97. The van der Waals surface area contributed by atoms with E-state index >= 15 is 0 Å². The molecular weight excluding hydrogens is 240 g/mol. The van der Waals surface area contributed by atoms with Gasteiger partial charge >= 0.3 is 0 Å². The largest absolute Gasteiger partial charge is 0.270 e. The van der Waals surface area contributed by atoms with E-state index in [2.05, 4.69) is 0 Å². The van der Waals surface area contributed by atoms with E-state index in [9.17, 15) is 10.1 Å². The van der Waals surface area contributed by atoms with Crippen molar-refractivity contribution in [3.05, 3.63) is 39.4 Å². The van der Waals surface area contributed by atoms with Crippen LogP contribution in [0.2, 0.25) is 0 Å². The van der Waals surface area contributed by atoms with E-state index in [4.69, 9.17) is 16.9 Å². The van der Waals surface area contributed by atoms with E-state index in [0.717, 1.165) is 18.4 Å². The molecule has 1 fully saturated rings. The molecule has 0 N–H and O–H groups in total. The molecule has 5 heteroatoms. The summed E-state index contributed by atoms with van der Waals surface area (Å²) in [5.74, 6) is 0.540. The van der Waals surface area contributed by atoms with Gasteiger partial charge in [-0.2, -0.15) is 5.26 Å². The zero-order valence-electron chi connectivity index (χ0n) is 9.10. The van der Waals surface area contributed by atoms with Crippen molar-refractivity contribution in [3.63, 3.8) is 0 Å². The Bertz CT molecular complexity index is 492. The topological polar surface area (TPSA) is 66.9 Å². The van der Waals surface area contributed by atoms with E-state index in [1.54, 1.807) is 6.07 Å². The molecular formula is C12H11ClN2O2. The predicted octanol–water partition coefficient (Wildman–Crippen LogP) is 3.03. The lowest BCUT2D eigenvalue weighted by atomic mass is 10.0. The fraction of sp³-hybridized carbons (Fsp3) is 0.417. The van der Waals surface area contributed by atoms with Crippen molar-refractivity contribution in [2.24, 2.45) is 5.92 Å². The molecule has 2 rings (SSSR count). The molecule has 1 saturated carbocycles. The predicted molar refractivity (Wildman–Crippen MR) is 63.9 cm³/mol. The molecule has 1 unspecified atom stereocenters. The van der Waals surface area contributed by atoms with Crippen LogP contribution in [0.5, 0.6) is 0 Å². The minimum atomic E-state index is -0.496. The van der Waals surface area contributed by atoms with Crippen molar-refractivity contribution in [2.45, 2.75) is 24.6 Å². The molecule has 0 aliphatic heterocycles. The van der Waals surface area contributed by atoms with Crippen LogP contribution in [-0.4, -0.2) is 10.3 Å². The second kappa shape index (κ2) is 4.72. The van der Waals surface area contributed by atoms with Gasteiger partial charge in [0, 0.05) is 17.5 Å². The van der Waals surface area contributed by atoms with Crippen LogP contribution in [0.4, 0.5) is 5.69 Å². The van der Waals surface area contributed by atoms with Crippen molar-refractivity contribution in [3.8, 4) is 6.07 Å². The molecule has 1 aromatic rings. The molecule has 0 saturated heterocycles. The lowest BCUT2D eigenvalue weighted by Gasteiger charge is -2.08. The number of hydrogen-bond donors (Lipinski definition) is 0. The first kappa shape index (κ1) is 11.9. The highest BCUT2D eigenvalue weighted by Gasteiger charge is 2.30. The van der Waals surface area contributed by atoms with E-state index in [0.29, 0.717) is 17.9 Å². The molecule has 4 nitrogen and oxygen atoms in total. The minimum Gasteiger partial charge on any atom is -0.258 e. The number of halogens is 1. The minimum absolute atomic E-state index is 0.0311. The molecule has 0 aromatic heterocycles. The molecule has 1 aliphatic rings. The number of alkyl halides is 1. The summed E-state index contributed by atoms with van der Waals surface area (Å²) in [6.07, 6.45) is 2.89. The van der Waals surface area contributed by atoms with Crippen LogP contribution in [0.3, 0.4) is 0 Å². The Hall–Kier alpha value is -1.60. The summed E-state index contributed by atoms with van der Waals surface area (Å²) >= 11 is 6.20. The van der Waals surface area contributed by atoms with Crippen molar-refractivity contribution < 1.29 is 4.92 Å². The lowest BCUT2D eigenvalue weighted by molar-refractivity contribution is -0.384. The Labute approximate surface area is 104 Å². The standard InChI is InChI=1S/C12H11ClN2O2/c13-12(8-1-2-8)6-9-3-4-11(15(16)17)5-10(9)7-14/h3-5,8,12H,1-2,6H2. The Kier molecular flexibility index (Phi) is 3.30. The summed E-state index contributed by atoms with van der Waals surface area (Å²) < 4.78 is 0. The SMILES string of the molecule is N#Cc1cc([N+](=O)[O-])ccc1CC(Cl)C1CC1. The maximum absolute atomic E-state index is 10.6. The van der Waals surface area contributed by atoms with Crippen molar-refractivity contribution in [2.75, 3.05) is 0 Å². The van der Waals surface area contributed by atoms with Gasteiger partial charge in [0.1, 0.15) is 0 Å². The molecule has 0 amide bonds. The highest BCUT2D eigenvalue weighted by atomic mass is 35.5. The second-order valence-corrected chi connectivity index (χ2v) is 4.83. The molecule has 88 valence electrons.